The van der Waals surface area contributed by atoms with Crippen LogP contribution >= 0.6 is 0 Å². The number of nitrogens with zero attached hydrogens (tertiary/aromatic N) is 2. The van der Waals surface area contributed by atoms with Gasteiger partial charge in [-0.2, -0.15) is 5.06 Å². The molecule has 0 bridgehead atoms. The van der Waals surface area contributed by atoms with E-state index in [0.717, 1.165) is 24.1 Å². The average Bonchev–Trinajstić information content (AvgIpc) is 2.81. The molecule has 2 aliphatic rings. The van der Waals surface area contributed by atoms with Crippen molar-refractivity contribution in [1.82, 2.24) is 9.63 Å². The molecule has 0 aliphatic carbocycles. The van der Waals surface area contributed by atoms with Crippen molar-refractivity contribution < 1.29 is 23.9 Å². The third-order valence-corrected chi connectivity index (χ3v) is 5.48. The molecule has 1 saturated heterocycles. The van der Waals surface area contributed by atoms with Crippen LogP contribution in [0.2, 0.25) is 0 Å². The van der Waals surface area contributed by atoms with Crippen molar-refractivity contribution >= 4 is 23.0 Å². The number of rotatable bonds is 2. The minimum Gasteiger partial charge on any atom is -0.434 e. The smallest absolute Gasteiger partial charge is 0.434 e. The molecule has 7 nitrogen and oxygen atoms in total. The van der Waals surface area contributed by atoms with Crippen molar-refractivity contribution in [2.24, 2.45) is 13.0 Å². The van der Waals surface area contributed by atoms with Crippen molar-refractivity contribution in [1.29, 1.82) is 0 Å². The number of aryl methyl sites for hydroxylation is 1. The number of esters is 1. The number of hydrogen-bond donors (Lipinski definition) is 0. The lowest BCUT2D eigenvalue weighted by Crippen LogP contribution is -2.41. The quantitative estimate of drug-likeness (QED) is 0.596. The third kappa shape index (κ3) is 3.11. The Morgan fingerprint density at radius 1 is 1.30 bits per heavy atom. The van der Waals surface area contributed by atoms with E-state index in [1.807, 2.05) is 24.2 Å². The lowest BCUT2D eigenvalue weighted by atomic mass is 9.87. The zero-order chi connectivity index (χ0) is 19.0. The molecule has 0 unspecified atom stereocenters. The van der Waals surface area contributed by atoms with Crippen LogP contribution in [0.3, 0.4) is 0 Å². The van der Waals surface area contributed by atoms with Gasteiger partial charge in [0.1, 0.15) is 0 Å². The predicted molar refractivity (Wildman–Crippen MR) is 97.9 cm³/mol. The van der Waals surface area contributed by atoms with Crippen LogP contribution in [-0.2, 0) is 32.6 Å². The Kier molecular flexibility index (Phi) is 4.88. The maximum absolute atomic E-state index is 12.8. The molecule has 3 heterocycles. The lowest BCUT2D eigenvalue weighted by Gasteiger charge is -2.37. The molecule has 0 radical (unpaired) electrons. The van der Waals surface area contributed by atoms with E-state index in [1.54, 1.807) is 6.92 Å². The molecule has 1 fully saturated rings. The first kappa shape index (κ1) is 18.0. The summed E-state index contributed by atoms with van der Waals surface area (Å²) in [6.07, 6.45) is 1.24. The first-order valence-corrected chi connectivity index (χ1v) is 9.46. The fraction of sp³-hybridized carbons (Fsp3) is 0.500. The first-order chi connectivity index (χ1) is 13.1. The van der Waals surface area contributed by atoms with Crippen LogP contribution in [0.1, 0.15) is 37.1 Å². The Hall–Kier alpha value is -2.38. The summed E-state index contributed by atoms with van der Waals surface area (Å²) in [5.74, 6) is -1.04. The number of fused-ring (bicyclic) bond motifs is 5. The monoisotopic (exact) mass is 372 g/mol. The number of aromatic nitrogens is 1. The molecule has 27 heavy (non-hydrogen) atoms. The van der Waals surface area contributed by atoms with Gasteiger partial charge < -0.3 is 14.0 Å². The summed E-state index contributed by atoms with van der Waals surface area (Å²) in [4.78, 5) is 30.4. The summed E-state index contributed by atoms with van der Waals surface area (Å²) in [6, 6.07) is 7.97. The van der Waals surface area contributed by atoms with E-state index in [1.165, 1.54) is 10.9 Å². The van der Waals surface area contributed by atoms with Gasteiger partial charge in [-0.3, -0.25) is 9.63 Å². The van der Waals surface area contributed by atoms with Gasteiger partial charge in [-0.25, -0.2) is 4.79 Å². The molecule has 0 spiro atoms. The number of hydrogen-bond acceptors (Lipinski definition) is 6. The summed E-state index contributed by atoms with van der Waals surface area (Å²) in [6.45, 7) is 3.10. The van der Waals surface area contributed by atoms with E-state index >= 15 is 0 Å². The second-order valence-electron chi connectivity index (χ2n) is 6.96. The second-order valence-corrected chi connectivity index (χ2v) is 6.96. The number of carbonyl (C=O) groups excluding carboxylic acids is 2. The van der Waals surface area contributed by atoms with Crippen molar-refractivity contribution in [3.05, 3.63) is 35.5 Å². The predicted octanol–water partition coefficient (Wildman–Crippen LogP) is 3.12. The summed E-state index contributed by atoms with van der Waals surface area (Å²) in [7, 11) is 2.02. The van der Waals surface area contributed by atoms with Crippen molar-refractivity contribution in [2.75, 3.05) is 19.8 Å². The summed E-state index contributed by atoms with van der Waals surface area (Å²) in [5.41, 5.74) is 3.44. The van der Waals surface area contributed by atoms with Crippen LogP contribution in [0.15, 0.2) is 24.3 Å². The van der Waals surface area contributed by atoms with Crippen LogP contribution in [0, 0.1) is 5.92 Å². The van der Waals surface area contributed by atoms with E-state index in [2.05, 4.69) is 16.7 Å². The number of carbonyl (C=O) groups is 2. The highest BCUT2D eigenvalue weighted by atomic mass is 16.7. The van der Waals surface area contributed by atoms with Gasteiger partial charge in [0.05, 0.1) is 25.2 Å². The number of ether oxygens (including phenoxy) is 2. The molecule has 2 aliphatic heterocycles. The van der Waals surface area contributed by atoms with Crippen LogP contribution in [0.4, 0.5) is 4.79 Å². The largest absolute Gasteiger partial charge is 0.516 e. The fourth-order valence-electron chi connectivity index (χ4n) is 4.36. The highest BCUT2D eigenvalue weighted by Crippen LogP contribution is 2.43. The fourth-order valence-corrected chi connectivity index (χ4v) is 4.36. The van der Waals surface area contributed by atoms with Crippen LogP contribution in [0.5, 0.6) is 0 Å². The minimum atomic E-state index is -0.938. The summed E-state index contributed by atoms with van der Waals surface area (Å²) < 4.78 is 11.9. The van der Waals surface area contributed by atoms with Gasteiger partial charge in [0, 0.05) is 30.2 Å². The molecular formula is C20H24N2O5. The highest BCUT2D eigenvalue weighted by molar-refractivity contribution is 5.87. The molecule has 1 aromatic heterocycles. The standard InChI is InChI=1S/C20H24N2O5/c1-3-25-20(24)27-19(23)15-8-6-12-26-22-11-10-14-13-7-4-5-9-16(13)21(2)17(14)18(15)22/h4-5,7,9,15,18H,3,6,8,10-12H2,1-2H3/t15-,18-/m0/s1. The van der Waals surface area contributed by atoms with Crippen molar-refractivity contribution in [2.45, 2.75) is 32.2 Å². The molecule has 144 valence electrons. The molecule has 0 amide bonds. The SMILES string of the molecule is CCOC(=O)OC(=O)[C@H]1CCCON2CCc3c(n(C)c4ccccc34)[C@H]12. The van der Waals surface area contributed by atoms with Gasteiger partial charge >= 0.3 is 12.1 Å². The Bertz CT molecular complexity index is 875. The molecular weight excluding hydrogens is 348 g/mol. The van der Waals surface area contributed by atoms with Crippen LogP contribution in [-0.4, -0.2) is 41.5 Å². The van der Waals surface area contributed by atoms with E-state index in [-0.39, 0.29) is 12.6 Å². The molecule has 2 aromatic rings. The van der Waals surface area contributed by atoms with Gasteiger partial charge in [0.2, 0.25) is 0 Å². The van der Waals surface area contributed by atoms with E-state index in [4.69, 9.17) is 14.3 Å². The third-order valence-electron chi connectivity index (χ3n) is 5.48. The maximum atomic E-state index is 12.8. The molecule has 7 heteroatoms. The van der Waals surface area contributed by atoms with Gasteiger partial charge in [0.15, 0.2) is 0 Å². The van der Waals surface area contributed by atoms with E-state index in [9.17, 15) is 9.59 Å². The Labute approximate surface area is 157 Å². The van der Waals surface area contributed by atoms with Gasteiger partial charge in [-0.05, 0) is 37.8 Å². The topological polar surface area (TPSA) is 70.0 Å². The number of hydroxylamine groups is 2. The van der Waals surface area contributed by atoms with E-state index in [0.29, 0.717) is 19.6 Å². The second kappa shape index (κ2) is 7.32. The summed E-state index contributed by atoms with van der Waals surface area (Å²) >= 11 is 0. The van der Waals surface area contributed by atoms with Gasteiger partial charge in [-0.1, -0.05) is 18.2 Å². The highest BCUT2D eigenvalue weighted by Gasteiger charge is 2.43. The molecule has 1 aromatic carbocycles. The molecule has 0 N–H and O–H groups in total. The molecule has 2 atom stereocenters. The Morgan fingerprint density at radius 2 is 2.11 bits per heavy atom. The number of para-hydroxylation sites is 1. The van der Waals surface area contributed by atoms with Gasteiger partial charge in [-0.15, -0.1) is 0 Å². The Balaban J connectivity index is 1.76. The first-order valence-electron chi connectivity index (χ1n) is 9.46. The van der Waals surface area contributed by atoms with Gasteiger partial charge in [0.25, 0.3) is 0 Å². The van der Waals surface area contributed by atoms with Crippen molar-refractivity contribution in [3.63, 3.8) is 0 Å². The van der Waals surface area contributed by atoms with Crippen LogP contribution < -0.4 is 0 Å². The minimum absolute atomic E-state index is 0.169. The van der Waals surface area contributed by atoms with Crippen LogP contribution in [0.25, 0.3) is 10.9 Å². The molecule has 4 rings (SSSR count). The lowest BCUT2D eigenvalue weighted by molar-refractivity contribution is -0.197. The average molecular weight is 372 g/mol. The number of benzene rings is 1. The zero-order valence-electron chi connectivity index (χ0n) is 15.6. The zero-order valence-corrected chi connectivity index (χ0v) is 15.6. The van der Waals surface area contributed by atoms with Crippen molar-refractivity contribution in [3.8, 4) is 0 Å². The maximum Gasteiger partial charge on any atom is 0.516 e. The normalized spacial score (nSPS) is 22.6. The Morgan fingerprint density at radius 3 is 2.93 bits per heavy atom. The van der Waals surface area contributed by atoms with E-state index < -0.39 is 18.0 Å². The molecule has 0 saturated carbocycles. The summed E-state index contributed by atoms with van der Waals surface area (Å²) in [5, 5.41) is 3.10.